The van der Waals surface area contributed by atoms with Crippen molar-refractivity contribution in [2.45, 2.75) is 25.8 Å². The average molecular weight is 437 g/mol. The van der Waals surface area contributed by atoms with Crippen LogP contribution in [0.1, 0.15) is 36.1 Å². The van der Waals surface area contributed by atoms with Gasteiger partial charge in [-0.05, 0) is 54.8 Å². The second kappa shape index (κ2) is 10.6. The fraction of sp³-hybridized carbons (Fsp3) is 0.375. The minimum atomic E-state index is -0.339. The van der Waals surface area contributed by atoms with Crippen LogP contribution in [0.5, 0.6) is 11.5 Å². The van der Waals surface area contributed by atoms with Gasteiger partial charge < -0.3 is 19.5 Å². The molecule has 0 spiro atoms. The van der Waals surface area contributed by atoms with E-state index in [1.165, 1.54) is 0 Å². The van der Waals surface area contributed by atoms with E-state index in [2.05, 4.69) is 11.4 Å². The van der Waals surface area contributed by atoms with Gasteiger partial charge in [-0.3, -0.25) is 14.5 Å². The number of ether oxygens (including phenoxy) is 3. The molecule has 0 aromatic heterocycles. The number of fused-ring (bicyclic) bond motifs is 1. The summed E-state index contributed by atoms with van der Waals surface area (Å²) in [6, 6.07) is 12.3. The fourth-order valence-electron chi connectivity index (χ4n) is 3.94. The summed E-state index contributed by atoms with van der Waals surface area (Å²) in [7, 11) is 3.15. The summed E-state index contributed by atoms with van der Waals surface area (Å²) in [6.07, 6.45) is 0.819. The molecule has 0 bridgehead atoms. The van der Waals surface area contributed by atoms with E-state index in [4.69, 9.17) is 19.5 Å². The molecule has 2 aromatic rings. The molecular formula is C24H27N3O5. The Bertz CT molecular complexity index is 1030. The Morgan fingerprint density at radius 1 is 1.19 bits per heavy atom. The molecule has 32 heavy (non-hydrogen) atoms. The first-order chi connectivity index (χ1) is 15.5. The SMILES string of the molecule is CCOC(=O)C[C@H]1c2cc(OC)c(OC)cc2CCN1CC(=O)Nc1cccc(C#N)c1. The number of benzene rings is 2. The van der Waals surface area contributed by atoms with Gasteiger partial charge in [-0.15, -0.1) is 0 Å². The average Bonchev–Trinajstić information content (AvgIpc) is 2.79. The van der Waals surface area contributed by atoms with E-state index in [1.807, 2.05) is 17.0 Å². The van der Waals surface area contributed by atoms with Gasteiger partial charge in [0, 0.05) is 18.3 Å². The summed E-state index contributed by atoms with van der Waals surface area (Å²) in [5.74, 6) is 0.648. The molecular weight excluding hydrogens is 410 g/mol. The quantitative estimate of drug-likeness (QED) is 0.634. The monoisotopic (exact) mass is 437 g/mol. The summed E-state index contributed by atoms with van der Waals surface area (Å²) in [5, 5.41) is 11.9. The first-order valence-electron chi connectivity index (χ1n) is 10.4. The highest BCUT2D eigenvalue weighted by Crippen LogP contribution is 2.39. The number of carbonyl (C=O) groups is 2. The minimum absolute atomic E-state index is 0.0919. The Morgan fingerprint density at radius 3 is 2.62 bits per heavy atom. The van der Waals surface area contributed by atoms with Crippen molar-refractivity contribution in [1.82, 2.24) is 4.90 Å². The van der Waals surface area contributed by atoms with Gasteiger partial charge in [0.15, 0.2) is 11.5 Å². The van der Waals surface area contributed by atoms with Crippen molar-refractivity contribution in [3.63, 3.8) is 0 Å². The van der Waals surface area contributed by atoms with Gasteiger partial charge in [0.25, 0.3) is 0 Å². The third-order valence-electron chi connectivity index (χ3n) is 5.40. The van der Waals surface area contributed by atoms with Gasteiger partial charge in [0.05, 0.1) is 45.4 Å². The lowest BCUT2D eigenvalue weighted by molar-refractivity contribution is -0.145. The standard InChI is InChI=1S/C24H27N3O5/c1-4-32-24(29)13-20-19-12-22(31-3)21(30-2)11-17(19)8-9-27(20)15-23(28)26-18-7-5-6-16(10-18)14-25/h5-7,10-12,20H,4,8-9,13,15H2,1-3H3,(H,26,28)/t20-/m0/s1. The van der Waals surface area contributed by atoms with Crippen LogP contribution in [0, 0.1) is 11.3 Å². The number of methoxy groups -OCH3 is 2. The Labute approximate surface area is 187 Å². The predicted octanol–water partition coefficient (Wildman–Crippen LogP) is 3.07. The largest absolute Gasteiger partial charge is 0.493 e. The number of rotatable bonds is 8. The van der Waals surface area contributed by atoms with Crippen LogP contribution in [0.4, 0.5) is 5.69 Å². The molecule has 0 unspecified atom stereocenters. The number of anilines is 1. The van der Waals surface area contributed by atoms with Gasteiger partial charge in [-0.1, -0.05) is 6.07 Å². The molecule has 1 amide bonds. The van der Waals surface area contributed by atoms with Crippen LogP contribution < -0.4 is 14.8 Å². The molecule has 1 aliphatic heterocycles. The third kappa shape index (κ3) is 5.37. The maximum Gasteiger partial charge on any atom is 0.307 e. The second-order valence-corrected chi connectivity index (χ2v) is 7.39. The number of nitrogens with one attached hydrogen (secondary N) is 1. The molecule has 1 aliphatic rings. The smallest absolute Gasteiger partial charge is 0.307 e. The van der Waals surface area contributed by atoms with Gasteiger partial charge in [-0.2, -0.15) is 5.26 Å². The predicted molar refractivity (Wildman–Crippen MR) is 119 cm³/mol. The molecule has 168 valence electrons. The van der Waals surface area contributed by atoms with E-state index in [0.717, 1.165) is 11.1 Å². The number of carbonyl (C=O) groups excluding carboxylic acids is 2. The van der Waals surface area contributed by atoms with Crippen molar-refractivity contribution in [2.75, 3.05) is 39.2 Å². The van der Waals surface area contributed by atoms with Crippen molar-refractivity contribution in [2.24, 2.45) is 0 Å². The summed E-state index contributed by atoms with van der Waals surface area (Å²) >= 11 is 0. The molecule has 8 heteroatoms. The lowest BCUT2D eigenvalue weighted by Gasteiger charge is -2.37. The number of nitriles is 1. The molecule has 0 fully saturated rings. The Hall–Kier alpha value is -3.57. The number of hydrogen-bond donors (Lipinski definition) is 1. The first kappa shape index (κ1) is 23.1. The van der Waals surface area contributed by atoms with E-state index in [1.54, 1.807) is 45.4 Å². The summed E-state index contributed by atoms with van der Waals surface area (Å²) in [4.78, 5) is 27.1. The molecule has 1 atom stereocenters. The van der Waals surface area contributed by atoms with Gasteiger partial charge in [0.2, 0.25) is 5.91 Å². The molecule has 3 rings (SSSR count). The lowest BCUT2D eigenvalue weighted by Crippen LogP contribution is -2.41. The number of nitrogens with zero attached hydrogens (tertiary/aromatic N) is 2. The van der Waals surface area contributed by atoms with Crippen LogP contribution in [-0.4, -0.2) is 50.7 Å². The van der Waals surface area contributed by atoms with Crippen molar-refractivity contribution in [1.29, 1.82) is 5.26 Å². The maximum absolute atomic E-state index is 12.8. The van der Waals surface area contributed by atoms with Gasteiger partial charge >= 0.3 is 5.97 Å². The van der Waals surface area contributed by atoms with E-state index in [9.17, 15) is 9.59 Å². The molecule has 8 nitrogen and oxygen atoms in total. The third-order valence-corrected chi connectivity index (χ3v) is 5.40. The topological polar surface area (TPSA) is 101 Å². The highest BCUT2D eigenvalue weighted by atomic mass is 16.5. The van der Waals surface area contributed by atoms with E-state index in [0.29, 0.717) is 42.3 Å². The van der Waals surface area contributed by atoms with Gasteiger partial charge in [-0.25, -0.2) is 0 Å². The maximum atomic E-state index is 12.8. The Balaban J connectivity index is 1.84. The Kier molecular flexibility index (Phi) is 7.68. The zero-order valence-electron chi connectivity index (χ0n) is 18.5. The minimum Gasteiger partial charge on any atom is -0.493 e. The van der Waals surface area contributed by atoms with Crippen LogP contribution in [0.25, 0.3) is 0 Å². The van der Waals surface area contributed by atoms with Crippen LogP contribution >= 0.6 is 0 Å². The number of esters is 1. The lowest BCUT2D eigenvalue weighted by atomic mass is 9.90. The zero-order valence-corrected chi connectivity index (χ0v) is 18.5. The highest BCUT2D eigenvalue weighted by Gasteiger charge is 2.32. The van der Waals surface area contributed by atoms with E-state index in [-0.39, 0.29) is 30.9 Å². The highest BCUT2D eigenvalue weighted by molar-refractivity contribution is 5.92. The second-order valence-electron chi connectivity index (χ2n) is 7.39. The first-order valence-corrected chi connectivity index (χ1v) is 10.4. The normalized spacial score (nSPS) is 15.2. The Morgan fingerprint density at radius 2 is 1.94 bits per heavy atom. The summed E-state index contributed by atoms with van der Waals surface area (Å²) in [5.41, 5.74) is 2.99. The molecule has 0 radical (unpaired) electrons. The molecule has 0 aliphatic carbocycles. The summed E-state index contributed by atoms with van der Waals surface area (Å²) < 4.78 is 16.1. The fourth-order valence-corrected chi connectivity index (χ4v) is 3.94. The zero-order chi connectivity index (χ0) is 23.1. The van der Waals surface area contributed by atoms with Crippen molar-refractivity contribution in [3.05, 3.63) is 53.1 Å². The number of amides is 1. The summed E-state index contributed by atoms with van der Waals surface area (Å²) in [6.45, 7) is 2.74. The van der Waals surface area contributed by atoms with E-state index >= 15 is 0 Å². The van der Waals surface area contributed by atoms with Crippen LogP contribution in [0.2, 0.25) is 0 Å². The van der Waals surface area contributed by atoms with Crippen LogP contribution in [0.3, 0.4) is 0 Å². The molecule has 1 N–H and O–H groups in total. The van der Waals surface area contributed by atoms with E-state index < -0.39 is 0 Å². The number of hydrogen-bond acceptors (Lipinski definition) is 7. The molecule has 0 saturated carbocycles. The van der Waals surface area contributed by atoms with Crippen molar-refractivity contribution >= 4 is 17.6 Å². The molecule has 0 saturated heterocycles. The van der Waals surface area contributed by atoms with Crippen molar-refractivity contribution in [3.8, 4) is 17.6 Å². The molecule has 2 aromatic carbocycles. The van der Waals surface area contributed by atoms with Crippen LogP contribution in [-0.2, 0) is 20.7 Å². The van der Waals surface area contributed by atoms with Crippen molar-refractivity contribution < 1.29 is 23.8 Å². The van der Waals surface area contributed by atoms with Gasteiger partial charge in [0.1, 0.15) is 0 Å². The van der Waals surface area contributed by atoms with Crippen LogP contribution in [0.15, 0.2) is 36.4 Å². The molecule has 1 heterocycles.